The molecule has 0 saturated carbocycles. The van der Waals surface area contributed by atoms with E-state index in [0.717, 1.165) is 0 Å². The second-order valence-electron chi connectivity index (χ2n) is 0.899. The molecule has 0 atom stereocenters. The van der Waals surface area contributed by atoms with Crippen molar-refractivity contribution in [1.82, 2.24) is 0 Å². The van der Waals surface area contributed by atoms with Crippen molar-refractivity contribution in [2.45, 2.75) is 0 Å². The molecule has 0 aliphatic carbocycles. The summed E-state index contributed by atoms with van der Waals surface area (Å²) in [6.45, 7) is 0.0981. The molecule has 0 aromatic carbocycles. The van der Waals surface area contributed by atoms with Crippen LogP contribution in [0.25, 0.3) is 0 Å². The SMILES string of the molecule is CSCOC[C]=O. The lowest BCUT2D eigenvalue weighted by Gasteiger charge is -1.90. The van der Waals surface area contributed by atoms with Gasteiger partial charge in [0.15, 0.2) is 0 Å². The molecule has 0 amide bonds. The monoisotopic (exact) mass is 119 g/mol. The highest BCUT2D eigenvalue weighted by Crippen LogP contribution is 1.89. The number of hydrogen-bond donors (Lipinski definition) is 0. The lowest BCUT2D eigenvalue weighted by molar-refractivity contribution is 0.224. The van der Waals surface area contributed by atoms with Gasteiger partial charge in [0.25, 0.3) is 0 Å². The fourth-order valence-electron chi connectivity index (χ4n) is 0.167. The third-order valence-corrected chi connectivity index (χ3v) is 0.765. The zero-order valence-electron chi connectivity index (χ0n) is 4.14. The van der Waals surface area contributed by atoms with Gasteiger partial charge < -0.3 is 4.74 Å². The van der Waals surface area contributed by atoms with Gasteiger partial charge in [0.1, 0.15) is 6.61 Å². The van der Waals surface area contributed by atoms with Crippen LogP contribution in [0.3, 0.4) is 0 Å². The van der Waals surface area contributed by atoms with Crippen molar-refractivity contribution >= 4 is 18.0 Å². The second kappa shape index (κ2) is 5.98. The van der Waals surface area contributed by atoms with Gasteiger partial charge in [0.05, 0.1) is 5.94 Å². The molecule has 0 N–H and O–H groups in total. The van der Waals surface area contributed by atoms with Gasteiger partial charge in [0, 0.05) is 0 Å². The molecule has 7 heavy (non-hydrogen) atoms. The van der Waals surface area contributed by atoms with Crippen LogP contribution >= 0.6 is 11.8 Å². The molecular weight excluding hydrogens is 112 g/mol. The molecule has 0 aliphatic heterocycles. The van der Waals surface area contributed by atoms with E-state index in [1.807, 2.05) is 6.26 Å². The maximum Gasteiger partial charge on any atom is 0.226 e. The largest absolute Gasteiger partial charge is 0.363 e. The van der Waals surface area contributed by atoms with Crippen LogP contribution in [0.1, 0.15) is 0 Å². The highest BCUT2D eigenvalue weighted by molar-refractivity contribution is 7.98. The summed E-state index contributed by atoms with van der Waals surface area (Å²) in [5, 5.41) is 0. The van der Waals surface area contributed by atoms with Crippen LogP contribution in [0.4, 0.5) is 0 Å². The molecular formula is C4H7O2S. The van der Waals surface area contributed by atoms with Gasteiger partial charge in [-0.05, 0) is 6.26 Å². The first-order valence-electron chi connectivity index (χ1n) is 1.83. The Labute approximate surface area is 47.2 Å². The Morgan fingerprint density at radius 2 is 2.57 bits per heavy atom. The molecule has 0 unspecified atom stereocenters. The van der Waals surface area contributed by atoms with Crippen molar-refractivity contribution in [1.29, 1.82) is 0 Å². The molecule has 0 spiro atoms. The average Bonchev–Trinajstić information content (AvgIpc) is 1.69. The predicted octanol–water partition coefficient (Wildman–Crippen LogP) is 0.433. The third kappa shape index (κ3) is 5.98. The van der Waals surface area contributed by atoms with Crippen LogP contribution in [-0.2, 0) is 9.53 Å². The van der Waals surface area contributed by atoms with Crippen molar-refractivity contribution in [3.05, 3.63) is 0 Å². The minimum absolute atomic E-state index is 0.0981. The van der Waals surface area contributed by atoms with Gasteiger partial charge in [-0.2, -0.15) is 0 Å². The summed E-state index contributed by atoms with van der Waals surface area (Å²) in [5.74, 6) is 0.579. The Kier molecular flexibility index (Phi) is 5.96. The normalized spacial score (nSPS) is 8.71. The summed E-state index contributed by atoms with van der Waals surface area (Å²) in [6.07, 6.45) is 3.52. The first-order chi connectivity index (χ1) is 3.41. The Balaban J connectivity index is 2.56. The molecule has 0 fully saturated rings. The minimum atomic E-state index is 0.0981. The number of thioether (sulfide) groups is 1. The van der Waals surface area contributed by atoms with Crippen LogP contribution < -0.4 is 0 Å². The van der Waals surface area contributed by atoms with E-state index in [9.17, 15) is 4.79 Å². The summed E-state index contributed by atoms with van der Waals surface area (Å²) < 4.78 is 4.67. The maximum absolute atomic E-state index is 9.42. The molecule has 0 heterocycles. The smallest absolute Gasteiger partial charge is 0.226 e. The van der Waals surface area contributed by atoms with Crippen LogP contribution in [0.15, 0.2) is 0 Å². The van der Waals surface area contributed by atoms with Gasteiger partial charge in [-0.3, -0.25) is 4.79 Å². The van der Waals surface area contributed by atoms with Crippen LogP contribution in [0, 0.1) is 0 Å². The first kappa shape index (κ1) is 6.98. The molecule has 0 aromatic heterocycles. The number of hydrogen-bond acceptors (Lipinski definition) is 3. The predicted molar refractivity (Wildman–Crippen MR) is 30.0 cm³/mol. The van der Waals surface area contributed by atoms with Crippen molar-refractivity contribution in [2.24, 2.45) is 0 Å². The average molecular weight is 119 g/mol. The molecule has 41 valence electrons. The van der Waals surface area contributed by atoms with Crippen molar-refractivity contribution < 1.29 is 9.53 Å². The zero-order valence-corrected chi connectivity index (χ0v) is 4.96. The van der Waals surface area contributed by atoms with E-state index in [0.29, 0.717) is 5.94 Å². The van der Waals surface area contributed by atoms with E-state index in [-0.39, 0.29) is 6.61 Å². The van der Waals surface area contributed by atoms with Gasteiger partial charge in [-0.25, -0.2) is 0 Å². The molecule has 0 saturated heterocycles. The molecule has 2 nitrogen and oxygen atoms in total. The van der Waals surface area contributed by atoms with E-state index in [2.05, 4.69) is 4.74 Å². The first-order valence-corrected chi connectivity index (χ1v) is 3.23. The van der Waals surface area contributed by atoms with Gasteiger partial charge >= 0.3 is 0 Å². The Morgan fingerprint density at radius 3 is 3.00 bits per heavy atom. The number of rotatable bonds is 4. The van der Waals surface area contributed by atoms with E-state index in [1.165, 1.54) is 0 Å². The fourth-order valence-corrected chi connectivity index (χ4v) is 0.417. The number of carbonyl (C=O) groups excluding carboxylic acids is 1. The summed E-state index contributed by atoms with van der Waals surface area (Å²) in [5.41, 5.74) is 0. The quantitative estimate of drug-likeness (QED) is 0.396. The minimum Gasteiger partial charge on any atom is -0.363 e. The molecule has 1 radical (unpaired) electrons. The zero-order chi connectivity index (χ0) is 5.54. The molecule has 0 aromatic rings. The van der Waals surface area contributed by atoms with Crippen molar-refractivity contribution in [3.8, 4) is 0 Å². The summed E-state index contributed by atoms with van der Waals surface area (Å²) in [6, 6.07) is 0. The van der Waals surface area contributed by atoms with Gasteiger partial charge in [0.2, 0.25) is 6.29 Å². The molecule has 0 rings (SSSR count). The van der Waals surface area contributed by atoms with Crippen molar-refractivity contribution in [2.75, 3.05) is 18.8 Å². The number of ether oxygens (including phenoxy) is 1. The van der Waals surface area contributed by atoms with E-state index < -0.39 is 0 Å². The standard InChI is InChI=1S/C4H7O2S/c1-7-4-6-3-2-5/h3-4H2,1H3. The van der Waals surface area contributed by atoms with E-state index in [4.69, 9.17) is 0 Å². The summed E-state index contributed by atoms with van der Waals surface area (Å²) >= 11 is 1.54. The van der Waals surface area contributed by atoms with Crippen LogP contribution in [0.5, 0.6) is 0 Å². The Hall–Kier alpha value is -0.0200. The molecule has 0 bridgehead atoms. The Bertz CT molecular complexity index is 47.0. The van der Waals surface area contributed by atoms with Crippen LogP contribution in [-0.4, -0.2) is 25.1 Å². The highest BCUT2D eigenvalue weighted by atomic mass is 32.2. The van der Waals surface area contributed by atoms with E-state index in [1.54, 1.807) is 18.0 Å². The molecule has 0 aliphatic rings. The third-order valence-electron chi connectivity index (χ3n) is 0.362. The lowest BCUT2D eigenvalue weighted by Crippen LogP contribution is -1.92. The molecule has 3 heteroatoms. The van der Waals surface area contributed by atoms with Crippen molar-refractivity contribution in [3.63, 3.8) is 0 Å². The topological polar surface area (TPSA) is 26.3 Å². The second-order valence-corrected chi connectivity index (χ2v) is 1.71. The highest BCUT2D eigenvalue weighted by Gasteiger charge is 1.79. The van der Waals surface area contributed by atoms with E-state index >= 15 is 0 Å². The maximum atomic E-state index is 9.42. The fraction of sp³-hybridized carbons (Fsp3) is 0.750. The van der Waals surface area contributed by atoms with Gasteiger partial charge in [-0.15, -0.1) is 11.8 Å². The summed E-state index contributed by atoms with van der Waals surface area (Å²) in [4.78, 5) is 9.42. The summed E-state index contributed by atoms with van der Waals surface area (Å²) in [7, 11) is 0. The van der Waals surface area contributed by atoms with Gasteiger partial charge in [-0.1, -0.05) is 0 Å². The lowest BCUT2D eigenvalue weighted by atomic mass is 10.8. The Morgan fingerprint density at radius 1 is 1.86 bits per heavy atom. The van der Waals surface area contributed by atoms with Crippen LogP contribution in [0.2, 0.25) is 0 Å².